The highest BCUT2D eigenvalue weighted by Crippen LogP contribution is 2.68. The average Bonchev–Trinajstić information content (AvgIpc) is 2.93. The summed E-state index contributed by atoms with van der Waals surface area (Å²) >= 11 is 0. The minimum absolute atomic E-state index is 0.100. The Morgan fingerprint density at radius 3 is 2.74 bits per heavy atom. The Morgan fingerprint density at radius 2 is 1.96 bits per heavy atom. The SMILES string of the molecule is CC1=C(c2cccnc2)[C@@]2(C)CC[C@H]3[C@@H]([C@@H](O)CC4CCCC[C@@]43C)[C@@H]2C1. The van der Waals surface area contributed by atoms with Gasteiger partial charge in [0.25, 0.3) is 0 Å². The van der Waals surface area contributed by atoms with E-state index in [4.69, 9.17) is 0 Å². The molecule has 146 valence electrons. The zero-order valence-corrected chi connectivity index (χ0v) is 17.2. The molecule has 3 fully saturated rings. The summed E-state index contributed by atoms with van der Waals surface area (Å²) in [5.74, 6) is 2.54. The van der Waals surface area contributed by atoms with Gasteiger partial charge in [-0.05, 0) is 97.2 Å². The summed E-state index contributed by atoms with van der Waals surface area (Å²) in [5.41, 5.74) is 5.06. The smallest absolute Gasteiger partial charge is 0.0577 e. The van der Waals surface area contributed by atoms with Crippen molar-refractivity contribution in [2.75, 3.05) is 0 Å². The van der Waals surface area contributed by atoms with Crippen LogP contribution in [0.25, 0.3) is 5.57 Å². The van der Waals surface area contributed by atoms with E-state index in [0.717, 1.165) is 12.3 Å². The van der Waals surface area contributed by atoms with Crippen molar-refractivity contribution < 1.29 is 5.11 Å². The number of aliphatic hydroxyl groups excluding tert-OH is 1. The molecule has 1 N–H and O–H groups in total. The van der Waals surface area contributed by atoms with Gasteiger partial charge in [-0.15, -0.1) is 0 Å². The van der Waals surface area contributed by atoms with Crippen molar-refractivity contribution in [1.82, 2.24) is 4.98 Å². The topological polar surface area (TPSA) is 33.1 Å². The summed E-state index contributed by atoms with van der Waals surface area (Å²) < 4.78 is 0. The highest BCUT2D eigenvalue weighted by Gasteiger charge is 2.61. The number of rotatable bonds is 1. The molecule has 4 aliphatic carbocycles. The Balaban J connectivity index is 1.53. The van der Waals surface area contributed by atoms with Gasteiger partial charge in [0, 0.05) is 12.4 Å². The number of aromatic nitrogens is 1. The fourth-order valence-electron chi connectivity index (χ4n) is 8.28. The molecule has 27 heavy (non-hydrogen) atoms. The molecule has 2 heteroatoms. The molecule has 5 rings (SSSR count). The third-order valence-electron chi connectivity index (χ3n) is 9.46. The lowest BCUT2D eigenvalue weighted by Gasteiger charge is -2.61. The van der Waals surface area contributed by atoms with Gasteiger partial charge >= 0.3 is 0 Å². The summed E-state index contributed by atoms with van der Waals surface area (Å²) in [6, 6.07) is 4.31. The van der Waals surface area contributed by atoms with Gasteiger partial charge in [-0.2, -0.15) is 0 Å². The van der Waals surface area contributed by atoms with Crippen molar-refractivity contribution in [3.05, 3.63) is 35.7 Å². The summed E-state index contributed by atoms with van der Waals surface area (Å²) in [7, 11) is 0. The van der Waals surface area contributed by atoms with Crippen LogP contribution in [0.3, 0.4) is 0 Å². The molecule has 1 aromatic heterocycles. The molecule has 0 saturated heterocycles. The minimum atomic E-state index is -0.100. The van der Waals surface area contributed by atoms with Crippen LogP contribution in [0, 0.1) is 34.5 Å². The van der Waals surface area contributed by atoms with Crippen LogP contribution in [0.1, 0.15) is 77.7 Å². The molecule has 0 bridgehead atoms. The van der Waals surface area contributed by atoms with Crippen LogP contribution in [-0.2, 0) is 0 Å². The van der Waals surface area contributed by atoms with Gasteiger partial charge < -0.3 is 5.11 Å². The molecule has 4 aliphatic rings. The van der Waals surface area contributed by atoms with Gasteiger partial charge in [-0.3, -0.25) is 4.98 Å². The van der Waals surface area contributed by atoms with Crippen molar-refractivity contribution in [3.63, 3.8) is 0 Å². The first kappa shape index (κ1) is 17.9. The van der Waals surface area contributed by atoms with E-state index in [1.54, 1.807) is 11.1 Å². The molecule has 3 saturated carbocycles. The van der Waals surface area contributed by atoms with E-state index in [1.807, 2.05) is 12.4 Å². The number of fused-ring (bicyclic) bond motifs is 5. The molecule has 0 aliphatic heterocycles. The first-order valence-corrected chi connectivity index (χ1v) is 11.2. The minimum Gasteiger partial charge on any atom is -0.393 e. The Bertz CT molecular complexity index is 755. The summed E-state index contributed by atoms with van der Waals surface area (Å²) in [5, 5.41) is 11.3. The lowest BCUT2D eigenvalue weighted by molar-refractivity contribution is -0.152. The molecule has 7 atom stereocenters. The monoisotopic (exact) mass is 365 g/mol. The molecule has 0 spiro atoms. The zero-order chi connectivity index (χ0) is 18.8. The molecule has 2 nitrogen and oxygen atoms in total. The molecule has 0 aromatic carbocycles. The average molecular weight is 366 g/mol. The van der Waals surface area contributed by atoms with Crippen molar-refractivity contribution in [2.24, 2.45) is 34.5 Å². The second-order valence-electron chi connectivity index (χ2n) is 10.6. The van der Waals surface area contributed by atoms with Crippen molar-refractivity contribution in [3.8, 4) is 0 Å². The van der Waals surface area contributed by atoms with E-state index < -0.39 is 0 Å². The fourth-order valence-corrected chi connectivity index (χ4v) is 8.28. The Morgan fingerprint density at radius 1 is 1.11 bits per heavy atom. The molecule has 0 radical (unpaired) electrons. The predicted octanol–water partition coefficient (Wildman–Crippen LogP) is 5.87. The predicted molar refractivity (Wildman–Crippen MR) is 110 cm³/mol. The second kappa shape index (κ2) is 6.17. The highest BCUT2D eigenvalue weighted by molar-refractivity contribution is 5.75. The quantitative estimate of drug-likeness (QED) is 0.675. The van der Waals surface area contributed by atoms with Crippen LogP contribution in [0.4, 0.5) is 0 Å². The van der Waals surface area contributed by atoms with Crippen LogP contribution in [0.2, 0.25) is 0 Å². The van der Waals surface area contributed by atoms with Gasteiger partial charge in [0.2, 0.25) is 0 Å². The maximum atomic E-state index is 11.3. The maximum absolute atomic E-state index is 11.3. The number of allylic oxidation sites excluding steroid dienone is 2. The molecular weight excluding hydrogens is 330 g/mol. The normalized spacial score (nSPS) is 46.6. The van der Waals surface area contributed by atoms with Gasteiger partial charge in [0.1, 0.15) is 0 Å². The van der Waals surface area contributed by atoms with E-state index >= 15 is 0 Å². The van der Waals surface area contributed by atoms with E-state index in [2.05, 4.69) is 37.9 Å². The Labute approximate surface area is 164 Å². The maximum Gasteiger partial charge on any atom is 0.0577 e. The largest absolute Gasteiger partial charge is 0.393 e. The Kier molecular flexibility index (Phi) is 4.10. The molecule has 1 heterocycles. The van der Waals surface area contributed by atoms with Crippen molar-refractivity contribution >= 4 is 5.57 Å². The Hall–Kier alpha value is -1.15. The first-order chi connectivity index (χ1) is 12.9. The highest BCUT2D eigenvalue weighted by atomic mass is 16.3. The van der Waals surface area contributed by atoms with Gasteiger partial charge in [0.15, 0.2) is 0 Å². The van der Waals surface area contributed by atoms with Gasteiger partial charge in [0.05, 0.1) is 6.10 Å². The lowest BCUT2D eigenvalue weighted by atomic mass is 9.44. The lowest BCUT2D eigenvalue weighted by Crippen LogP contribution is -2.57. The zero-order valence-electron chi connectivity index (χ0n) is 17.2. The van der Waals surface area contributed by atoms with Crippen LogP contribution in [0.5, 0.6) is 0 Å². The van der Waals surface area contributed by atoms with E-state index in [0.29, 0.717) is 23.2 Å². The van der Waals surface area contributed by atoms with Crippen molar-refractivity contribution in [1.29, 1.82) is 0 Å². The van der Waals surface area contributed by atoms with Gasteiger partial charge in [-0.25, -0.2) is 0 Å². The van der Waals surface area contributed by atoms with Crippen LogP contribution < -0.4 is 0 Å². The van der Waals surface area contributed by atoms with E-state index in [9.17, 15) is 5.11 Å². The van der Waals surface area contributed by atoms with E-state index in [1.165, 1.54) is 50.5 Å². The number of pyridine rings is 1. The number of hydrogen-bond donors (Lipinski definition) is 1. The number of hydrogen-bond acceptors (Lipinski definition) is 2. The van der Waals surface area contributed by atoms with Crippen LogP contribution in [0.15, 0.2) is 30.1 Å². The number of nitrogens with zero attached hydrogens (tertiary/aromatic N) is 1. The summed E-state index contributed by atoms with van der Waals surface area (Å²) in [4.78, 5) is 4.41. The number of aliphatic hydroxyl groups is 1. The van der Waals surface area contributed by atoms with Crippen molar-refractivity contribution in [2.45, 2.75) is 78.2 Å². The molecule has 0 amide bonds. The van der Waals surface area contributed by atoms with Crippen LogP contribution >= 0.6 is 0 Å². The molecule has 1 aromatic rings. The molecular formula is C25H35NO. The van der Waals surface area contributed by atoms with Gasteiger partial charge in [-0.1, -0.05) is 38.3 Å². The summed E-state index contributed by atoms with van der Waals surface area (Å²) in [6.07, 6.45) is 14.1. The first-order valence-electron chi connectivity index (χ1n) is 11.2. The summed E-state index contributed by atoms with van der Waals surface area (Å²) in [6.45, 7) is 7.41. The third kappa shape index (κ3) is 2.44. The molecule has 1 unspecified atom stereocenters. The third-order valence-corrected chi connectivity index (χ3v) is 9.46. The standard InChI is InChI=1S/C25H35NO/c1-16-13-20-22-19(24(2)10-5-4-8-18(24)14-21(22)27)9-11-25(20,3)23(16)17-7-6-12-26-15-17/h6-7,12,15,18-22,27H,4-5,8-11,13-14H2,1-3H3/t18?,19-,20-,21-,22+,24-,25-/m0/s1. The van der Waals surface area contributed by atoms with E-state index in [-0.39, 0.29) is 11.5 Å². The fraction of sp³-hybridized carbons (Fsp3) is 0.720. The van der Waals surface area contributed by atoms with Crippen LogP contribution in [-0.4, -0.2) is 16.2 Å². The second-order valence-corrected chi connectivity index (χ2v) is 10.6.